The summed E-state index contributed by atoms with van der Waals surface area (Å²) in [5, 5.41) is 2.80. The highest BCUT2D eigenvalue weighted by Crippen LogP contribution is 2.25. The Labute approximate surface area is 169 Å². The molecule has 0 fully saturated rings. The van der Waals surface area contributed by atoms with E-state index in [1.807, 2.05) is 52.0 Å². The standard InChI is InChI=1S/C21H22N2O3S2/c1-13-6-5-7-14(2)20(13)23-28(25,26)18-10-8-17(9-11-18)22-21(24)19-12-15(3)16(4)27-19/h5-12,23H,1-4H3,(H,22,24). The summed E-state index contributed by atoms with van der Waals surface area (Å²) >= 11 is 1.44. The number of thiophene rings is 1. The van der Waals surface area contributed by atoms with E-state index in [1.165, 1.54) is 23.5 Å². The molecule has 0 aliphatic heterocycles. The van der Waals surface area contributed by atoms with Gasteiger partial charge < -0.3 is 5.32 Å². The third-order valence-corrected chi connectivity index (χ3v) is 7.05. The molecule has 0 aliphatic rings. The molecule has 0 atom stereocenters. The summed E-state index contributed by atoms with van der Waals surface area (Å²) in [5.41, 5.74) is 3.92. The van der Waals surface area contributed by atoms with E-state index in [0.717, 1.165) is 21.6 Å². The second kappa shape index (κ2) is 7.77. The van der Waals surface area contributed by atoms with Crippen LogP contribution >= 0.6 is 11.3 Å². The van der Waals surface area contributed by atoms with Gasteiger partial charge in [0.25, 0.3) is 15.9 Å². The van der Waals surface area contributed by atoms with Gasteiger partial charge in [0.05, 0.1) is 15.5 Å². The number of rotatable bonds is 5. The van der Waals surface area contributed by atoms with Crippen molar-refractivity contribution in [1.29, 1.82) is 0 Å². The van der Waals surface area contributed by atoms with Gasteiger partial charge in [-0.3, -0.25) is 9.52 Å². The van der Waals surface area contributed by atoms with Gasteiger partial charge in [-0.25, -0.2) is 8.42 Å². The second-order valence-electron chi connectivity index (χ2n) is 6.70. The minimum atomic E-state index is -3.72. The number of anilines is 2. The third kappa shape index (κ3) is 4.26. The van der Waals surface area contributed by atoms with Gasteiger partial charge in [-0.05, 0) is 74.7 Å². The lowest BCUT2D eigenvalue weighted by atomic mass is 10.1. The van der Waals surface area contributed by atoms with Crippen LogP contribution in [0.15, 0.2) is 53.4 Å². The summed E-state index contributed by atoms with van der Waals surface area (Å²) in [6.07, 6.45) is 0. The first-order valence-electron chi connectivity index (χ1n) is 8.75. The zero-order valence-corrected chi connectivity index (χ0v) is 17.8. The first-order valence-corrected chi connectivity index (χ1v) is 11.0. The Morgan fingerprint density at radius 2 is 1.50 bits per heavy atom. The van der Waals surface area contributed by atoms with Crippen molar-refractivity contribution in [2.24, 2.45) is 0 Å². The van der Waals surface area contributed by atoms with Crippen LogP contribution in [0.25, 0.3) is 0 Å². The monoisotopic (exact) mass is 414 g/mol. The number of hydrogen-bond donors (Lipinski definition) is 2. The van der Waals surface area contributed by atoms with Crippen molar-refractivity contribution in [3.8, 4) is 0 Å². The third-order valence-electron chi connectivity index (χ3n) is 4.53. The van der Waals surface area contributed by atoms with Crippen LogP contribution in [0.3, 0.4) is 0 Å². The normalized spacial score (nSPS) is 11.3. The highest BCUT2D eigenvalue weighted by molar-refractivity contribution is 7.92. The Morgan fingerprint density at radius 3 is 2.04 bits per heavy atom. The average molecular weight is 415 g/mol. The van der Waals surface area contributed by atoms with E-state index in [9.17, 15) is 13.2 Å². The molecule has 28 heavy (non-hydrogen) atoms. The number of sulfonamides is 1. The van der Waals surface area contributed by atoms with E-state index < -0.39 is 10.0 Å². The molecular weight excluding hydrogens is 392 g/mol. The lowest BCUT2D eigenvalue weighted by Gasteiger charge is -2.13. The van der Waals surface area contributed by atoms with Crippen molar-refractivity contribution in [1.82, 2.24) is 0 Å². The first kappa shape index (κ1) is 20.1. The van der Waals surface area contributed by atoms with Gasteiger partial charge in [0.1, 0.15) is 0 Å². The number of hydrogen-bond acceptors (Lipinski definition) is 4. The van der Waals surface area contributed by atoms with Gasteiger partial charge in [-0.15, -0.1) is 11.3 Å². The van der Waals surface area contributed by atoms with Crippen molar-refractivity contribution in [2.45, 2.75) is 32.6 Å². The molecule has 0 aliphatic carbocycles. The quantitative estimate of drug-likeness (QED) is 0.614. The first-order chi connectivity index (χ1) is 13.2. The number of aryl methyl sites for hydroxylation is 4. The molecule has 7 heteroatoms. The number of nitrogens with one attached hydrogen (secondary N) is 2. The highest BCUT2D eigenvalue weighted by Gasteiger charge is 2.17. The highest BCUT2D eigenvalue weighted by atomic mass is 32.2. The van der Waals surface area contributed by atoms with Gasteiger partial charge in [-0.1, -0.05) is 18.2 Å². The molecule has 0 saturated heterocycles. The number of benzene rings is 2. The molecule has 2 N–H and O–H groups in total. The largest absolute Gasteiger partial charge is 0.321 e. The Balaban J connectivity index is 1.77. The minimum absolute atomic E-state index is 0.135. The molecule has 5 nitrogen and oxygen atoms in total. The van der Waals surface area contributed by atoms with E-state index >= 15 is 0 Å². The number of carbonyl (C=O) groups is 1. The molecule has 0 radical (unpaired) electrons. The SMILES string of the molecule is Cc1cc(C(=O)Nc2ccc(S(=O)(=O)Nc3c(C)cccc3C)cc2)sc1C. The molecule has 1 amide bonds. The van der Waals surface area contributed by atoms with Gasteiger partial charge in [0.15, 0.2) is 0 Å². The molecular formula is C21H22N2O3S2. The van der Waals surface area contributed by atoms with E-state index in [2.05, 4.69) is 10.0 Å². The van der Waals surface area contributed by atoms with Crippen LogP contribution < -0.4 is 10.0 Å². The predicted octanol–water partition coefficient (Wildman–Crippen LogP) is 5.03. The number of carbonyl (C=O) groups excluding carboxylic acids is 1. The van der Waals surface area contributed by atoms with Gasteiger partial charge >= 0.3 is 0 Å². The van der Waals surface area contributed by atoms with E-state index in [0.29, 0.717) is 16.3 Å². The zero-order chi connectivity index (χ0) is 20.5. The fourth-order valence-electron chi connectivity index (χ4n) is 2.76. The van der Waals surface area contributed by atoms with Gasteiger partial charge in [0.2, 0.25) is 0 Å². The van der Waals surface area contributed by atoms with Crippen LogP contribution in [0.4, 0.5) is 11.4 Å². The van der Waals surface area contributed by atoms with E-state index in [4.69, 9.17) is 0 Å². The molecule has 3 rings (SSSR count). The fraction of sp³-hybridized carbons (Fsp3) is 0.190. The summed E-state index contributed by atoms with van der Waals surface area (Å²) in [6, 6.07) is 13.6. The molecule has 2 aromatic carbocycles. The molecule has 0 spiro atoms. The van der Waals surface area contributed by atoms with Crippen LogP contribution in [0, 0.1) is 27.7 Å². The molecule has 3 aromatic rings. The Morgan fingerprint density at radius 1 is 0.893 bits per heavy atom. The van der Waals surface area contributed by atoms with Crippen molar-refractivity contribution in [3.63, 3.8) is 0 Å². The van der Waals surface area contributed by atoms with Crippen molar-refractivity contribution >= 4 is 38.6 Å². The Kier molecular flexibility index (Phi) is 5.58. The lowest BCUT2D eigenvalue weighted by Crippen LogP contribution is -2.15. The maximum absolute atomic E-state index is 12.7. The second-order valence-corrected chi connectivity index (χ2v) is 9.64. The van der Waals surface area contributed by atoms with Crippen molar-refractivity contribution in [3.05, 3.63) is 75.0 Å². The van der Waals surface area contributed by atoms with Crippen molar-refractivity contribution in [2.75, 3.05) is 10.0 Å². The average Bonchev–Trinajstić information content (AvgIpc) is 2.98. The van der Waals surface area contributed by atoms with Crippen molar-refractivity contribution < 1.29 is 13.2 Å². The summed E-state index contributed by atoms with van der Waals surface area (Å²) in [5.74, 6) is -0.203. The fourth-order valence-corrected chi connectivity index (χ4v) is 4.90. The zero-order valence-electron chi connectivity index (χ0n) is 16.2. The van der Waals surface area contributed by atoms with E-state index in [-0.39, 0.29) is 10.8 Å². The van der Waals surface area contributed by atoms with Crippen LogP contribution in [-0.4, -0.2) is 14.3 Å². The summed E-state index contributed by atoms with van der Waals surface area (Å²) in [6.45, 7) is 7.65. The van der Waals surface area contributed by atoms with E-state index in [1.54, 1.807) is 12.1 Å². The Hall–Kier alpha value is -2.64. The van der Waals surface area contributed by atoms with Crippen LogP contribution in [0.5, 0.6) is 0 Å². The predicted molar refractivity (Wildman–Crippen MR) is 115 cm³/mol. The molecule has 146 valence electrons. The van der Waals surface area contributed by atoms with Gasteiger partial charge in [0, 0.05) is 10.6 Å². The lowest BCUT2D eigenvalue weighted by molar-refractivity contribution is 0.103. The maximum atomic E-state index is 12.7. The molecule has 1 aromatic heterocycles. The van der Waals surface area contributed by atoms with Gasteiger partial charge in [-0.2, -0.15) is 0 Å². The number of amides is 1. The number of para-hydroxylation sites is 1. The molecule has 0 saturated carbocycles. The van der Waals surface area contributed by atoms with Crippen LogP contribution in [0.2, 0.25) is 0 Å². The summed E-state index contributed by atoms with van der Waals surface area (Å²) < 4.78 is 28.1. The minimum Gasteiger partial charge on any atom is -0.321 e. The maximum Gasteiger partial charge on any atom is 0.265 e. The Bertz CT molecular complexity index is 1090. The van der Waals surface area contributed by atoms with Crippen LogP contribution in [-0.2, 0) is 10.0 Å². The molecule has 0 unspecified atom stereocenters. The molecule has 1 heterocycles. The summed E-state index contributed by atoms with van der Waals surface area (Å²) in [7, 11) is -3.72. The summed E-state index contributed by atoms with van der Waals surface area (Å²) in [4.78, 5) is 14.2. The van der Waals surface area contributed by atoms with Crippen LogP contribution in [0.1, 0.15) is 31.2 Å². The molecule has 0 bridgehead atoms. The smallest absolute Gasteiger partial charge is 0.265 e. The topological polar surface area (TPSA) is 75.3 Å².